The Morgan fingerprint density at radius 2 is 2.00 bits per heavy atom. The standard InChI is InChI=1S/C16H18N2O2/c17-7-11-1-3-12(4-2-11)8-18-9-14(13-5-6-13)15(10-18)16(19)20/h1-4,13-15H,5-6,8-10H2,(H,19,20)/t14-,15+/m0/s1. The molecule has 104 valence electrons. The molecule has 0 unspecified atom stereocenters. The normalized spacial score (nSPS) is 26.4. The monoisotopic (exact) mass is 270 g/mol. The first-order chi connectivity index (χ1) is 9.67. The third-order valence-corrected chi connectivity index (χ3v) is 4.47. The lowest BCUT2D eigenvalue weighted by Crippen LogP contribution is -2.24. The van der Waals surface area contributed by atoms with Gasteiger partial charge in [-0.25, -0.2) is 0 Å². The minimum Gasteiger partial charge on any atom is -0.481 e. The van der Waals surface area contributed by atoms with Gasteiger partial charge in [0.2, 0.25) is 0 Å². The number of likely N-dealkylation sites (tertiary alicyclic amines) is 1. The fraction of sp³-hybridized carbons (Fsp3) is 0.500. The van der Waals surface area contributed by atoms with E-state index in [0.717, 1.165) is 18.7 Å². The van der Waals surface area contributed by atoms with E-state index >= 15 is 0 Å². The highest BCUT2D eigenvalue weighted by Gasteiger charge is 2.45. The molecule has 4 heteroatoms. The molecule has 3 rings (SSSR count). The van der Waals surface area contributed by atoms with E-state index in [-0.39, 0.29) is 5.92 Å². The number of hydrogen-bond acceptors (Lipinski definition) is 3. The lowest BCUT2D eigenvalue weighted by atomic mass is 9.92. The third-order valence-electron chi connectivity index (χ3n) is 4.47. The summed E-state index contributed by atoms with van der Waals surface area (Å²) in [6, 6.07) is 9.66. The second-order valence-corrected chi connectivity index (χ2v) is 5.95. The summed E-state index contributed by atoms with van der Waals surface area (Å²) in [4.78, 5) is 13.6. The van der Waals surface area contributed by atoms with Crippen LogP contribution in [0, 0.1) is 29.1 Å². The minimum absolute atomic E-state index is 0.208. The number of hydrogen-bond donors (Lipinski definition) is 1. The van der Waals surface area contributed by atoms with Crippen molar-refractivity contribution in [3.05, 3.63) is 35.4 Å². The Hall–Kier alpha value is -1.86. The van der Waals surface area contributed by atoms with Gasteiger partial charge in [-0.15, -0.1) is 0 Å². The molecule has 2 atom stereocenters. The van der Waals surface area contributed by atoms with Gasteiger partial charge >= 0.3 is 5.97 Å². The number of benzene rings is 1. The van der Waals surface area contributed by atoms with Crippen molar-refractivity contribution in [3.8, 4) is 6.07 Å². The van der Waals surface area contributed by atoms with Crippen LogP contribution < -0.4 is 0 Å². The second kappa shape index (κ2) is 5.26. The topological polar surface area (TPSA) is 64.3 Å². The number of carboxylic acids is 1. The summed E-state index contributed by atoms with van der Waals surface area (Å²) in [5.41, 5.74) is 1.80. The number of nitriles is 1. The molecule has 2 aliphatic rings. The summed E-state index contributed by atoms with van der Waals surface area (Å²) in [5, 5.41) is 18.1. The van der Waals surface area contributed by atoms with E-state index in [0.29, 0.717) is 23.9 Å². The molecular weight excluding hydrogens is 252 g/mol. The zero-order valence-corrected chi connectivity index (χ0v) is 11.3. The molecule has 20 heavy (non-hydrogen) atoms. The van der Waals surface area contributed by atoms with Crippen LogP contribution >= 0.6 is 0 Å². The molecule has 4 nitrogen and oxygen atoms in total. The quantitative estimate of drug-likeness (QED) is 0.910. The molecule has 1 saturated carbocycles. The molecule has 1 aliphatic carbocycles. The molecule has 2 fully saturated rings. The van der Waals surface area contributed by atoms with E-state index in [1.54, 1.807) is 0 Å². The lowest BCUT2D eigenvalue weighted by Gasteiger charge is -2.15. The van der Waals surface area contributed by atoms with Crippen molar-refractivity contribution in [1.82, 2.24) is 4.90 Å². The van der Waals surface area contributed by atoms with Gasteiger partial charge in [-0.05, 0) is 42.4 Å². The number of rotatable bonds is 4. The highest BCUT2D eigenvalue weighted by molar-refractivity contribution is 5.71. The number of carbonyl (C=O) groups is 1. The average molecular weight is 270 g/mol. The molecule has 0 radical (unpaired) electrons. The lowest BCUT2D eigenvalue weighted by molar-refractivity contribution is -0.142. The molecule has 1 aliphatic heterocycles. The first kappa shape index (κ1) is 13.1. The molecular formula is C16H18N2O2. The van der Waals surface area contributed by atoms with E-state index in [1.807, 2.05) is 24.3 Å². The third kappa shape index (κ3) is 2.68. The molecule has 1 heterocycles. The molecule has 0 aromatic heterocycles. The van der Waals surface area contributed by atoms with Crippen molar-refractivity contribution in [2.45, 2.75) is 19.4 Å². The summed E-state index contributed by atoms with van der Waals surface area (Å²) in [7, 11) is 0. The fourth-order valence-electron chi connectivity index (χ4n) is 3.25. The van der Waals surface area contributed by atoms with Gasteiger partial charge in [-0.1, -0.05) is 12.1 Å². The first-order valence-corrected chi connectivity index (χ1v) is 7.11. The summed E-state index contributed by atoms with van der Waals surface area (Å²) in [6.45, 7) is 2.32. The second-order valence-electron chi connectivity index (χ2n) is 5.95. The van der Waals surface area contributed by atoms with Crippen LogP contribution in [0.25, 0.3) is 0 Å². The van der Waals surface area contributed by atoms with Gasteiger partial charge in [0.1, 0.15) is 0 Å². The van der Waals surface area contributed by atoms with Crippen LogP contribution in [0.1, 0.15) is 24.0 Å². The van der Waals surface area contributed by atoms with Gasteiger partial charge in [0, 0.05) is 19.6 Å². The maximum absolute atomic E-state index is 11.4. The van der Waals surface area contributed by atoms with Gasteiger partial charge in [-0.3, -0.25) is 9.69 Å². The maximum atomic E-state index is 11.4. The Kier molecular flexibility index (Phi) is 3.45. The summed E-state index contributed by atoms with van der Waals surface area (Å²) in [5.74, 6) is 0.0954. The van der Waals surface area contributed by atoms with Gasteiger partial charge in [0.25, 0.3) is 0 Å². The van der Waals surface area contributed by atoms with E-state index in [4.69, 9.17) is 5.26 Å². The summed E-state index contributed by atoms with van der Waals surface area (Å²) >= 11 is 0. The average Bonchev–Trinajstić information content (AvgIpc) is 3.21. The van der Waals surface area contributed by atoms with Crippen molar-refractivity contribution in [3.63, 3.8) is 0 Å². The summed E-state index contributed by atoms with van der Waals surface area (Å²) < 4.78 is 0. The molecule has 1 N–H and O–H groups in total. The Labute approximate surface area is 118 Å². The fourth-order valence-corrected chi connectivity index (χ4v) is 3.25. The van der Waals surface area contributed by atoms with E-state index in [9.17, 15) is 9.90 Å². The minimum atomic E-state index is -0.649. The van der Waals surface area contributed by atoms with Crippen molar-refractivity contribution >= 4 is 5.97 Å². The molecule has 1 aromatic rings. The number of nitrogens with zero attached hydrogens (tertiary/aromatic N) is 2. The van der Waals surface area contributed by atoms with E-state index < -0.39 is 5.97 Å². The van der Waals surface area contributed by atoms with Crippen LogP contribution in [0.4, 0.5) is 0 Å². The smallest absolute Gasteiger partial charge is 0.308 e. The zero-order chi connectivity index (χ0) is 14.1. The van der Waals surface area contributed by atoms with Crippen LogP contribution in [0.15, 0.2) is 24.3 Å². The SMILES string of the molecule is N#Cc1ccc(CN2C[C@@H](C(=O)O)[C@H](C3CC3)C2)cc1. The molecule has 0 spiro atoms. The Bertz CT molecular complexity index is 543. The maximum Gasteiger partial charge on any atom is 0.308 e. The van der Waals surface area contributed by atoms with Crippen molar-refractivity contribution in [2.75, 3.05) is 13.1 Å². The van der Waals surface area contributed by atoms with Crippen LogP contribution in [-0.2, 0) is 11.3 Å². The van der Waals surface area contributed by atoms with Crippen LogP contribution in [0.3, 0.4) is 0 Å². The van der Waals surface area contributed by atoms with Crippen LogP contribution in [0.5, 0.6) is 0 Å². The number of aliphatic carboxylic acids is 1. The predicted molar refractivity (Wildman–Crippen MR) is 73.8 cm³/mol. The molecule has 1 saturated heterocycles. The van der Waals surface area contributed by atoms with Gasteiger partial charge in [0.15, 0.2) is 0 Å². The number of carboxylic acid groups (broad SMARTS) is 1. The van der Waals surface area contributed by atoms with Crippen molar-refractivity contribution in [2.24, 2.45) is 17.8 Å². The predicted octanol–water partition coefficient (Wildman–Crippen LogP) is 2.10. The zero-order valence-electron chi connectivity index (χ0n) is 11.3. The molecule has 1 aromatic carbocycles. The van der Waals surface area contributed by atoms with E-state index in [2.05, 4.69) is 11.0 Å². The summed E-state index contributed by atoms with van der Waals surface area (Å²) in [6.07, 6.45) is 2.39. The van der Waals surface area contributed by atoms with Gasteiger partial charge < -0.3 is 5.11 Å². The van der Waals surface area contributed by atoms with Crippen molar-refractivity contribution in [1.29, 1.82) is 5.26 Å². The first-order valence-electron chi connectivity index (χ1n) is 7.11. The molecule has 0 bridgehead atoms. The van der Waals surface area contributed by atoms with Crippen LogP contribution in [-0.4, -0.2) is 29.1 Å². The van der Waals surface area contributed by atoms with Gasteiger partial charge in [0.05, 0.1) is 17.6 Å². The largest absolute Gasteiger partial charge is 0.481 e. The highest BCUT2D eigenvalue weighted by Crippen LogP contribution is 2.44. The van der Waals surface area contributed by atoms with Gasteiger partial charge in [-0.2, -0.15) is 5.26 Å². The molecule has 0 amide bonds. The van der Waals surface area contributed by atoms with Crippen LogP contribution in [0.2, 0.25) is 0 Å². The Morgan fingerprint density at radius 1 is 1.30 bits per heavy atom. The highest BCUT2D eigenvalue weighted by atomic mass is 16.4. The Balaban J connectivity index is 1.66. The van der Waals surface area contributed by atoms with Crippen molar-refractivity contribution < 1.29 is 9.90 Å². The Morgan fingerprint density at radius 3 is 2.55 bits per heavy atom. The van der Waals surface area contributed by atoms with E-state index in [1.165, 1.54) is 12.8 Å².